The van der Waals surface area contributed by atoms with E-state index in [1.807, 2.05) is 13.1 Å². The minimum atomic E-state index is -1.48. The van der Waals surface area contributed by atoms with Crippen molar-refractivity contribution in [3.63, 3.8) is 0 Å². The van der Waals surface area contributed by atoms with E-state index in [-0.39, 0.29) is 11.5 Å². The summed E-state index contributed by atoms with van der Waals surface area (Å²) in [4.78, 5) is 39.4. The molecule has 1 aromatic heterocycles. The van der Waals surface area contributed by atoms with Crippen LogP contribution in [0.4, 0.5) is 0 Å². The van der Waals surface area contributed by atoms with E-state index in [9.17, 15) is 14.4 Å². The molecule has 4 N–H and O–H groups in total. The fourth-order valence-electron chi connectivity index (χ4n) is 3.44. The van der Waals surface area contributed by atoms with Gasteiger partial charge in [0.05, 0.1) is 34.4 Å². The lowest BCUT2D eigenvalue weighted by atomic mass is 10.0. The fourth-order valence-corrected chi connectivity index (χ4v) is 3.44. The smallest absolute Gasteiger partial charge is 0.336 e. The van der Waals surface area contributed by atoms with E-state index in [2.05, 4.69) is 23.0 Å². The molecule has 0 aliphatic carbocycles. The first-order chi connectivity index (χ1) is 16.7. The molecule has 9 nitrogen and oxygen atoms in total. The summed E-state index contributed by atoms with van der Waals surface area (Å²) in [5.74, 6) is -3.28. The number of H-pyrrole nitrogens is 1. The molecule has 1 atom stereocenters. The van der Waals surface area contributed by atoms with Crippen LogP contribution in [-0.2, 0) is 6.42 Å². The molecular formula is C26H35N3O6. The second kappa shape index (κ2) is 16.0. The van der Waals surface area contributed by atoms with Crippen LogP contribution in [0.25, 0.3) is 0 Å². The number of benzene rings is 1. The van der Waals surface area contributed by atoms with Crippen LogP contribution in [0.2, 0.25) is 0 Å². The van der Waals surface area contributed by atoms with Crippen LogP contribution in [0.5, 0.6) is 0 Å². The van der Waals surface area contributed by atoms with Crippen molar-refractivity contribution in [1.82, 2.24) is 9.97 Å². The number of hydrogen-bond donors (Lipinski definition) is 4. The molecule has 35 heavy (non-hydrogen) atoms. The summed E-state index contributed by atoms with van der Waals surface area (Å²) >= 11 is 0. The SMILES string of the molecule is CCCCCCCCCCCc1nc(C(C)C#N)c[nH]1.O=C(O)c1ccc(C(=O)O)c(C(=O)O)c1. The number of rotatable bonds is 14. The van der Waals surface area contributed by atoms with E-state index in [0.29, 0.717) is 0 Å². The van der Waals surface area contributed by atoms with Gasteiger partial charge in [0.2, 0.25) is 0 Å². The zero-order valence-corrected chi connectivity index (χ0v) is 20.4. The Morgan fingerprint density at radius 1 is 0.914 bits per heavy atom. The summed E-state index contributed by atoms with van der Waals surface area (Å²) in [7, 11) is 0. The quantitative estimate of drug-likeness (QED) is 0.240. The van der Waals surface area contributed by atoms with Gasteiger partial charge < -0.3 is 20.3 Å². The van der Waals surface area contributed by atoms with Crippen molar-refractivity contribution >= 4 is 17.9 Å². The Labute approximate surface area is 205 Å². The molecule has 0 saturated heterocycles. The zero-order valence-electron chi connectivity index (χ0n) is 20.4. The number of hydrogen-bond acceptors (Lipinski definition) is 5. The Bertz CT molecular complexity index is 1010. The summed E-state index contributed by atoms with van der Waals surface area (Å²) in [6.45, 7) is 4.15. The fraction of sp³-hybridized carbons (Fsp3) is 0.500. The van der Waals surface area contributed by atoms with Crippen molar-refractivity contribution in [2.75, 3.05) is 0 Å². The number of imidazole rings is 1. The average molecular weight is 486 g/mol. The second-order valence-corrected chi connectivity index (χ2v) is 8.38. The largest absolute Gasteiger partial charge is 0.478 e. The van der Waals surface area contributed by atoms with Gasteiger partial charge in [-0.25, -0.2) is 19.4 Å². The van der Waals surface area contributed by atoms with E-state index in [0.717, 1.165) is 36.1 Å². The minimum absolute atomic E-state index is 0.108. The van der Waals surface area contributed by atoms with Gasteiger partial charge in [-0.05, 0) is 31.5 Å². The molecule has 1 unspecified atom stereocenters. The molecule has 190 valence electrons. The maximum absolute atomic E-state index is 10.6. The molecule has 0 saturated carbocycles. The maximum Gasteiger partial charge on any atom is 0.336 e. The first kappa shape index (κ1) is 29.4. The Morgan fingerprint density at radius 2 is 1.49 bits per heavy atom. The third kappa shape index (κ3) is 10.9. The Balaban J connectivity index is 0.000000365. The molecule has 0 aliphatic rings. The van der Waals surface area contributed by atoms with Gasteiger partial charge in [-0.2, -0.15) is 5.26 Å². The van der Waals surface area contributed by atoms with Crippen molar-refractivity contribution in [3.05, 3.63) is 52.6 Å². The van der Waals surface area contributed by atoms with Crippen LogP contribution in [0.1, 0.15) is 120 Å². The maximum atomic E-state index is 10.6. The Kier molecular flexibility index (Phi) is 13.5. The number of carboxylic acid groups (broad SMARTS) is 3. The van der Waals surface area contributed by atoms with Gasteiger partial charge in [0, 0.05) is 12.6 Å². The highest BCUT2D eigenvalue weighted by molar-refractivity contribution is 6.03. The number of carboxylic acids is 3. The summed E-state index contributed by atoms with van der Waals surface area (Å²) in [5, 5.41) is 34.7. The van der Waals surface area contributed by atoms with Crippen molar-refractivity contribution in [2.24, 2.45) is 0 Å². The molecule has 0 fully saturated rings. The van der Waals surface area contributed by atoms with Gasteiger partial charge in [-0.3, -0.25) is 0 Å². The van der Waals surface area contributed by atoms with Crippen molar-refractivity contribution < 1.29 is 29.7 Å². The lowest BCUT2D eigenvalue weighted by molar-refractivity contribution is 0.0649. The van der Waals surface area contributed by atoms with Crippen LogP contribution >= 0.6 is 0 Å². The molecule has 9 heteroatoms. The molecule has 2 aromatic rings. The third-order valence-electron chi connectivity index (χ3n) is 5.53. The number of aromatic carboxylic acids is 3. The van der Waals surface area contributed by atoms with Gasteiger partial charge in [0.15, 0.2) is 0 Å². The summed E-state index contributed by atoms with van der Waals surface area (Å²) < 4.78 is 0. The van der Waals surface area contributed by atoms with Crippen LogP contribution < -0.4 is 0 Å². The first-order valence-electron chi connectivity index (χ1n) is 12.0. The topological polar surface area (TPSA) is 164 Å². The van der Waals surface area contributed by atoms with Gasteiger partial charge >= 0.3 is 17.9 Å². The Morgan fingerprint density at radius 3 is 2.00 bits per heavy atom. The number of carbonyl (C=O) groups is 3. The number of aromatic nitrogens is 2. The third-order valence-corrected chi connectivity index (χ3v) is 5.53. The number of aryl methyl sites for hydroxylation is 1. The minimum Gasteiger partial charge on any atom is -0.478 e. The molecule has 1 heterocycles. The number of unbranched alkanes of at least 4 members (excludes halogenated alkanes) is 8. The van der Waals surface area contributed by atoms with E-state index < -0.39 is 29.0 Å². The lowest BCUT2D eigenvalue weighted by Crippen LogP contribution is -2.10. The average Bonchev–Trinajstić information content (AvgIpc) is 3.31. The van der Waals surface area contributed by atoms with Gasteiger partial charge in [-0.1, -0.05) is 58.3 Å². The summed E-state index contributed by atoms with van der Waals surface area (Å²) in [6, 6.07) is 5.02. The van der Waals surface area contributed by atoms with Gasteiger partial charge in [0.1, 0.15) is 5.82 Å². The number of nitrogens with one attached hydrogen (secondary N) is 1. The highest BCUT2D eigenvalue weighted by Crippen LogP contribution is 2.14. The van der Waals surface area contributed by atoms with Gasteiger partial charge in [0.25, 0.3) is 0 Å². The summed E-state index contributed by atoms with van der Waals surface area (Å²) in [5.41, 5.74) is -0.370. The van der Waals surface area contributed by atoms with E-state index >= 15 is 0 Å². The Hall–Kier alpha value is -3.67. The van der Waals surface area contributed by atoms with E-state index in [1.54, 1.807) is 0 Å². The number of nitrogens with zero attached hydrogens (tertiary/aromatic N) is 2. The summed E-state index contributed by atoms with van der Waals surface area (Å²) in [6.07, 6.45) is 15.0. The van der Waals surface area contributed by atoms with Crippen molar-refractivity contribution in [1.29, 1.82) is 5.26 Å². The van der Waals surface area contributed by atoms with Gasteiger partial charge in [-0.15, -0.1) is 0 Å². The number of nitriles is 1. The standard InChI is InChI=1S/C17H29N3.C9H6O6/c1-3-4-5-6-7-8-9-10-11-12-17-19-14-16(20-17)15(2)13-18;10-7(11)4-1-2-5(8(12)13)6(3-4)9(14)15/h14-15H,3-12H2,1-2H3,(H,19,20);1-3H,(H,10,11)(H,12,13)(H,14,15). The predicted octanol–water partition coefficient (Wildman–Crippen LogP) is 5.89. The first-order valence-corrected chi connectivity index (χ1v) is 12.0. The molecular weight excluding hydrogens is 450 g/mol. The number of aromatic amines is 1. The van der Waals surface area contributed by atoms with Crippen molar-refractivity contribution in [2.45, 2.75) is 84.0 Å². The molecule has 0 bridgehead atoms. The molecule has 1 aromatic carbocycles. The highest BCUT2D eigenvalue weighted by atomic mass is 16.4. The van der Waals surface area contributed by atoms with Crippen LogP contribution in [-0.4, -0.2) is 43.2 Å². The second-order valence-electron chi connectivity index (χ2n) is 8.38. The molecule has 0 amide bonds. The zero-order chi connectivity index (χ0) is 26.2. The van der Waals surface area contributed by atoms with Crippen LogP contribution in [0, 0.1) is 11.3 Å². The lowest BCUT2D eigenvalue weighted by Gasteiger charge is -2.02. The predicted molar refractivity (Wildman–Crippen MR) is 131 cm³/mol. The van der Waals surface area contributed by atoms with Crippen LogP contribution in [0.15, 0.2) is 24.4 Å². The van der Waals surface area contributed by atoms with E-state index in [4.69, 9.17) is 20.6 Å². The molecule has 2 rings (SSSR count). The van der Waals surface area contributed by atoms with E-state index in [1.165, 1.54) is 57.8 Å². The normalized spacial score (nSPS) is 11.1. The molecule has 0 spiro atoms. The molecule has 0 aliphatic heterocycles. The highest BCUT2D eigenvalue weighted by Gasteiger charge is 2.18. The monoisotopic (exact) mass is 485 g/mol. The van der Waals surface area contributed by atoms with Crippen molar-refractivity contribution in [3.8, 4) is 6.07 Å². The molecule has 0 radical (unpaired) electrons. The van der Waals surface area contributed by atoms with Crippen LogP contribution in [0.3, 0.4) is 0 Å².